The van der Waals surface area contributed by atoms with Crippen molar-refractivity contribution in [3.8, 4) is 22.9 Å². The lowest BCUT2D eigenvalue weighted by Gasteiger charge is -2.18. The van der Waals surface area contributed by atoms with Crippen LogP contribution in [0.3, 0.4) is 0 Å². The van der Waals surface area contributed by atoms with Crippen molar-refractivity contribution in [1.29, 1.82) is 0 Å². The molecule has 0 aliphatic carbocycles. The largest absolute Gasteiger partial charge is 0.493 e. The molecule has 8 heteroatoms. The molecule has 47 heavy (non-hydrogen) atoms. The van der Waals surface area contributed by atoms with Crippen LogP contribution in [0.5, 0.6) is 17.2 Å². The van der Waals surface area contributed by atoms with Gasteiger partial charge >= 0.3 is 0 Å². The van der Waals surface area contributed by atoms with Gasteiger partial charge in [0.15, 0.2) is 5.75 Å². The summed E-state index contributed by atoms with van der Waals surface area (Å²) in [5.41, 5.74) is 3.37. The Morgan fingerprint density at radius 3 is 1.96 bits per heavy atom. The zero-order valence-corrected chi connectivity index (χ0v) is 30.1. The molecule has 0 saturated carbocycles. The van der Waals surface area contributed by atoms with Crippen molar-refractivity contribution < 1.29 is 18.9 Å². The van der Waals surface area contributed by atoms with E-state index in [-0.39, 0.29) is 0 Å². The minimum absolute atomic E-state index is 0.602. The molecule has 0 radical (unpaired) electrons. The van der Waals surface area contributed by atoms with Crippen molar-refractivity contribution in [3.05, 3.63) is 77.4 Å². The molecule has 0 fully saturated rings. The van der Waals surface area contributed by atoms with Crippen molar-refractivity contribution in [1.82, 2.24) is 14.5 Å². The van der Waals surface area contributed by atoms with Gasteiger partial charge in [-0.3, -0.25) is 0 Å². The van der Waals surface area contributed by atoms with Crippen LogP contribution in [0.25, 0.3) is 16.6 Å². The molecule has 7 nitrogen and oxygen atoms in total. The molecule has 0 unspecified atom stereocenters. The normalized spacial score (nSPS) is 11.6. The number of halogens is 1. The van der Waals surface area contributed by atoms with Crippen LogP contribution in [0.15, 0.2) is 66.9 Å². The van der Waals surface area contributed by atoms with Gasteiger partial charge in [0.05, 0.1) is 31.8 Å². The topological polar surface area (TPSA) is 43.0 Å². The molecule has 1 aromatic heterocycles. The predicted molar refractivity (Wildman–Crippen MR) is 195 cm³/mol. The number of rotatable bonds is 22. The molecule has 0 aliphatic heterocycles. The van der Waals surface area contributed by atoms with Crippen molar-refractivity contribution in [2.24, 2.45) is 0 Å². The summed E-state index contributed by atoms with van der Waals surface area (Å²) in [5.74, 6) is 2.56. The van der Waals surface area contributed by atoms with Gasteiger partial charge in [0.1, 0.15) is 17.0 Å². The average Bonchev–Trinajstić information content (AvgIpc) is 3.45. The number of aromatic nitrogens is 2. The fourth-order valence-electron chi connectivity index (χ4n) is 5.85. The van der Waals surface area contributed by atoms with E-state index in [4.69, 9.17) is 25.8 Å². The molecule has 0 saturated heterocycles. The Morgan fingerprint density at radius 1 is 0.681 bits per heavy atom. The SMILES string of the molecule is CCCCn1c2cc(OCCc3ccc(Cl)cc3)ccc2c[n+]1-c1ccc(OCCCN(CC)CC)cc1OCCCN(CC)CC. The van der Waals surface area contributed by atoms with E-state index in [1.54, 1.807) is 0 Å². The van der Waals surface area contributed by atoms with E-state index in [2.05, 4.69) is 109 Å². The number of benzene rings is 3. The van der Waals surface area contributed by atoms with Crippen LogP contribution in [0.4, 0.5) is 0 Å². The Kier molecular flexibility index (Phi) is 15.2. The van der Waals surface area contributed by atoms with Crippen LogP contribution in [-0.4, -0.2) is 73.6 Å². The summed E-state index contributed by atoms with van der Waals surface area (Å²) in [6.07, 6.45) is 7.17. The number of unbranched alkanes of at least 4 members (excludes halogenated alkanes) is 1. The van der Waals surface area contributed by atoms with Gasteiger partial charge in [-0.25, -0.2) is 0 Å². The van der Waals surface area contributed by atoms with E-state index in [0.29, 0.717) is 19.8 Å². The van der Waals surface area contributed by atoms with E-state index in [1.165, 1.54) is 5.56 Å². The number of hydrogen-bond acceptors (Lipinski definition) is 5. The van der Waals surface area contributed by atoms with Crippen LogP contribution in [0.1, 0.15) is 65.9 Å². The highest BCUT2D eigenvalue weighted by Crippen LogP contribution is 2.28. The number of ether oxygens (including phenoxy) is 3. The molecule has 1 heterocycles. The summed E-state index contributed by atoms with van der Waals surface area (Å²) in [6, 6.07) is 20.7. The number of hydrogen-bond donors (Lipinski definition) is 0. The summed E-state index contributed by atoms with van der Waals surface area (Å²) >= 11 is 6.06. The number of nitrogens with zero attached hydrogens (tertiary/aromatic N) is 4. The maximum Gasteiger partial charge on any atom is 0.277 e. The van der Waals surface area contributed by atoms with Gasteiger partial charge in [0.25, 0.3) is 5.69 Å². The Morgan fingerprint density at radius 2 is 1.30 bits per heavy atom. The smallest absolute Gasteiger partial charge is 0.277 e. The second-order valence-corrected chi connectivity index (χ2v) is 12.4. The van der Waals surface area contributed by atoms with E-state index in [1.807, 2.05) is 12.1 Å². The summed E-state index contributed by atoms with van der Waals surface area (Å²) in [6.45, 7) is 20.2. The molecule has 0 bridgehead atoms. The van der Waals surface area contributed by atoms with E-state index in [9.17, 15) is 0 Å². The molecule has 4 rings (SSSR count). The lowest BCUT2D eigenvalue weighted by atomic mass is 10.2. The van der Waals surface area contributed by atoms with Crippen molar-refractivity contribution in [2.45, 2.75) is 73.3 Å². The van der Waals surface area contributed by atoms with E-state index < -0.39 is 0 Å². The zero-order valence-electron chi connectivity index (χ0n) is 29.3. The molecule has 0 spiro atoms. The first kappa shape index (κ1) is 36.6. The highest BCUT2D eigenvalue weighted by molar-refractivity contribution is 6.30. The summed E-state index contributed by atoms with van der Waals surface area (Å²) in [4.78, 5) is 4.87. The molecule has 0 aliphatic rings. The second kappa shape index (κ2) is 19.5. The third-order valence-electron chi connectivity index (χ3n) is 8.83. The lowest BCUT2D eigenvalue weighted by molar-refractivity contribution is -0.683. The fourth-order valence-corrected chi connectivity index (χ4v) is 5.98. The summed E-state index contributed by atoms with van der Waals surface area (Å²) < 4.78 is 23.6. The highest BCUT2D eigenvalue weighted by atomic mass is 35.5. The first-order chi connectivity index (χ1) is 23.0. The standard InChI is InChI=1S/C39H56ClN4O3/c1-6-11-25-43-38-29-35(46-28-22-32-14-17-34(40)18-15-32)19-16-33(38)31-44(43)37-21-20-36(45-26-12-23-41(7-2)8-3)30-39(37)47-27-13-24-42(9-4)10-5/h14-21,29-31H,6-13,22-28H2,1-5H3/q+1. The molecule has 0 amide bonds. The van der Waals surface area contributed by atoms with Gasteiger partial charge < -0.3 is 24.0 Å². The Bertz CT molecular complexity index is 1480. The third-order valence-corrected chi connectivity index (χ3v) is 9.08. The zero-order chi connectivity index (χ0) is 33.4. The molecule has 0 atom stereocenters. The minimum Gasteiger partial charge on any atom is -0.493 e. The van der Waals surface area contributed by atoms with Crippen LogP contribution < -0.4 is 18.9 Å². The van der Waals surface area contributed by atoms with Crippen LogP contribution in [0, 0.1) is 0 Å². The fraction of sp³-hybridized carbons (Fsp3) is 0.513. The van der Waals surface area contributed by atoms with Crippen LogP contribution >= 0.6 is 11.6 Å². The van der Waals surface area contributed by atoms with Crippen LogP contribution in [-0.2, 0) is 13.0 Å². The Hall–Kier alpha value is -3.26. The second-order valence-electron chi connectivity index (χ2n) is 12.0. The van der Waals surface area contributed by atoms with Crippen molar-refractivity contribution in [2.75, 3.05) is 59.1 Å². The van der Waals surface area contributed by atoms with Gasteiger partial charge in [-0.15, -0.1) is 4.68 Å². The molecule has 0 N–H and O–H groups in total. The molecular weight excluding hydrogens is 608 g/mol. The predicted octanol–water partition coefficient (Wildman–Crippen LogP) is 8.21. The summed E-state index contributed by atoms with van der Waals surface area (Å²) in [5, 5.41) is 1.91. The monoisotopic (exact) mass is 663 g/mol. The number of aryl methyl sites for hydroxylation is 1. The summed E-state index contributed by atoms with van der Waals surface area (Å²) in [7, 11) is 0. The molecule has 4 aromatic rings. The molecule has 3 aromatic carbocycles. The van der Waals surface area contributed by atoms with Gasteiger partial charge in [0, 0.05) is 42.7 Å². The van der Waals surface area contributed by atoms with Crippen LogP contribution in [0.2, 0.25) is 5.02 Å². The maximum atomic E-state index is 6.55. The highest BCUT2D eigenvalue weighted by Gasteiger charge is 2.24. The van der Waals surface area contributed by atoms with E-state index >= 15 is 0 Å². The first-order valence-corrected chi connectivity index (χ1v) is 18.1. The first-order valence-electron chi connectivity index (χ1n) is 17.8. The van der Waals surface area contributed by atoms with Gasteiger partial charge in [-0.1, -0.05) is 69.5 Å². The lowest BCUT2D eigenvalue weighted by Crippen LogP contribution is -2.40. The quantitative estimate of drug-likeness (QED) is 0.0626. The van der Waals surface area contributed by atoms with Crippen molar-refractivity contribution >= 4 is 22.5 Å². The number of fused-ring (bicyclic) bond motifs is 1. The Balaban J connectivity index is 1.58. The third kappa shape index (κ3) is 10.9. The minimum atomic E-state index is 0.602. The van der Waals surface area contributed by atoms with Gasteiger partial charge in [0.2, 0.25) is 6.20 Å². The van der Waals surface area contributed by atoms with Gasteiger partial charge in [-0.2, -0.15) is 0 Å². The Labute approximate surface area is 288 Å². The molecule has 256 valence electrons. The average molecular weight is 664 g/mol. The van der Waals surface area contributed by atoms with Gasteiger partial charge in [-0.05, 0) is 81.3 Å². The maximum absolute atomic E-state index is 6.55. The van der Waals surface area contributed by atoms with Crippen molar-refractivity contribution in [3.63, 3.8) is 0 Å². The van der Waals surface area contributed by atoms with E-state index in [0.717, 1.165) is 117 Å². The molecular formula is C39H56ClN4O3+.